The van der Waals surface area contributed by atoms with E-state index >= 15 is 0 Å². The molecule has 1 heterocycles. The Morgan fingerprint density at radius 1 is 1.24 bits per heavy atom. The molecule has 0 amide bonds. The van der Waals surface area contributed by atoms with Crippen LogP contribution >= 0.6 is 0 Å². The van der Waals surface area contributed by atoms with Crippen LogP contribution in [0, 0.1) is 11.8 Å². The molecule has 0 aromatic heterocycles. The topological polar surface area (TPSA) is 66.9 Å². The van der Waals surface area contributed by atoms with Crippen LogP contribution < -0.4 is 0 Å². The van der Waals surface area contributed by atoms with E-state index in [-0.39, 0.29) is 18.9 Å². The number of carbonyl (C=O) groups is 1. The number of rotatable bonds is 5. The van der Waals surface area contributed by atoms with Gasteiger partial charge in [0.25, 0.3) is 10.2 Å². The van der Waals surface area contributed by atoms with Gasteiger partial charge in [-0.1, -0.05) is 19.3 Å². The van der Waals surface area contributed by atoms with Gasteiger partial charge in [-0.3, -0.25) is 4.79 Å². The highest BCUT2D eigenvalue weighted by Crippen LogP contribution is 2.37. The summed E-state index contributed by atoms with van der Waals surface area (Å²) < 4.78 is 32.5. The average Bonchev–Trinajstić information content (AvgIpc) is 2.51. The second kappa shape index (κ2) is 7.07. The molecule has 1 aliphatic heterocycles. The van der Waals surface area contributed by atoms with Gasteiger partial charge in [0, 0.05) is 26.7 Å². The minimum Gasteiger partial charge on any atom is -0.469 e. The van der Waals surface area contributed by atoms with Crippen molar-refractivity contribution in [3.8, 4) is 0 Å². The largest absolute Gasteiger partial charge is 0.469 e. The lowest BCUT2D eigenvalue weighted by atomic mass is 9.76. The Bertz CT molecular complexity index is 466. The van der Waals surface area contributed by atoms with Crippen LogP contribution in [0.15, 0.2) is 0 Å². The molecular formula is C14H26N2O4S. The number of carbonyl (C=O) groups excluding carboxylic acids is 1. The maximum absolute atomic E-state index is 12.6. The number of nitrogens with zero attached hydrogens (tertiary/aromatic N) is 2. The minimum absolute atomic E-state index is 0.0894. The smallest absolute Gasteiger partial charge is 0.306 e. The van der Waals surface area contributed by atoms with E-state index in [0.717, 1.165) is 12.8 Å². The molecule has 0 N–H and O–H groups in total. The summed E-state index contributed by atoms with van der Waals surface area (Å²) in [7, 11) is -0.614. The van der Waals surface area contributed by atoms with Crippen molar-refractivity contribution in [3.63, 3.8) is 0 Å². The molecule has 0 aromatic carbocycles. The maximum atomic E-state index is 12.6. The Morgan fingerprint density at radius 2 is 1.90 bits per heavy atom. The molecule has 0 radical (unpaired) electrons. The van der Waals surface area contributed by atoms with E-state index in [0.29, 0.717) is 24.9 Å². The van der Waals surface area contributed by atoms with Gasteiger partial charge in [0.1, 0.15) is 0 Å². The number of hydrogen-bond acceptors (Lipinski definition) is 4. The maximum Gasteiger partial charge on any atom is 0.306 e. The monoisotopic (exact) mass is 318 g/mol. The van der Waals surface area contributed by atoms with Gasteiger partial charge in [-0.25, -0.2) is 0 Å². The van der Waals surface area contributed by atoms with Crippen molar-refractivity contribution in [1.29, 1.82) is 0 Å². The Labute approximate surface area is 127 Å². The highest BCUT2D eigenvalue weighted by Gasteiger charge is 2.37. The average molecular weight is 318 g/mol. The van der Waals surface area contributed by atoms with E-state index in [1.165, 1.54) is 37.7 Å². The summed E-state index contributed by atoms with van der Waals surface area (Å²) in [4.78, 5) is 11.1. The first kappa shape index (κ1) is 16.7. The van der Waals surface area contributed by atoms with Crippen molar-refractivity contribution in [2.75, 3.05) is 33.8 Å². The Morgan fingerprint density at radius 3 is 2.57 bits per heavy atom. The first-order valence-electron chi connectivity index (χ1n) is 7.73. The molecule has 0 aromatic rings. The van der Waals surface area contributed by atoms with Gasteiger partial charge in [0.05, 0.1) is 13.5 Å². The molecule has 1 saturated carbocycles. The summed E-state index contributed by atoms with van der Waals surface area (Å²) in [6.07, 6.45) is 5.94. The van der Waals surface area contributed by atoms with Crippen LogP contribution in [-0.4, -0.2) is 56.8 Å². The highest BCUT2D eigenvalue weighted by atomic mass is 32.2. The number of hydrogen-bond donors (Lipinski definition) is 0. The van der Waals surface area contributed by atoms with Crippen LogP contribution in [0.25, 0.3) is 0 Å². The van der Waals surface area contributed by atoms with E-state index in [4.69, 9.17) is 0 Å². The first-order chi connectivity index (χ1) is 9.95. The normalized spacial score (nSPS) is 27.4. The molecule has 2 unspecified atom stereocenters. The number of ether oxygens (including phenoxy) is 1. The number of fused-ring (bicyclic) bond motifs is 1. The number of piperidine rings is 1. The summed E-state index contributed by atoms with van der Waals surface area (Å²) in [6, 6.07) is 0. The lowest BCUT2D eigenvalue weighted by molar-refractivity contribution is -0.140. The molecular weight excluding hydrogens is 292 g/mol. The van der Waals surface area contributed by atoms with E-state index in [1.807, 2.05) is 0 Å². The molecule has 2 aliphatic rings. The van der Waals surface area contributed by atoms with Gasteiger partial charge in [-0.2, -0.15) is 17.0 Å². The number of esters is 1. The van der Waals surface area contributed by atoms with Crippen LogP contribution in [-0.2, 0) is 19.7 Å². The molecule has 1 saturated heterocycles. The molecule has 2 rings (SSSR count). The molecule has 2 fully saturated rings. The van der Waals surface area contributed by atoms with Gasteiger partial charge in [0.15, 0.2) is 0 Å². The summed E-state index contributed by atoms with van der Waals surface area (Å²) in [5, 5.41) is 0. The van der Waals surface area contributed by atoms with Crippen LogP contribution in [0.4, 0.5) is 0 Å². The van der Waals surface area contributed by atoms with Gasteiger partial charge < -0.3 is 4.74 Å². The van der Waals surface area contributed by atoms with Crippen LogP contribution in [0.1, 0.15) is 38.5 Å². The fourth-order valence-corrected chi connectivity index (χ4v) is 4.87. The zero-order chi connectivity index (χ0) is 15.5. The SMILES string of the molecule is COC(=O)CCN(C)S(=O)(=O)N1CCC2CCCCC2C1. The summed E-state index contributed by atoms with van der Waals surface area (Å²) in [5.41, 5.74) is 0. The summed E-state index contributed by atoms with van der Waals surface area (Å²) in [5.74, 6) is 0.824. The summed E-state index contributed by atoms with van der Waals surface area (Å²) in [6.45, 7) is 1.40. The molecule has 1 aliphatic carbocycles. The third kappa shape index (κ3) is 3.96. The standard InChI is InChI=1S/C14H26N2O4S/c1-15(9-8-14(17)20-2)21(18,19)16-10-7-12-5-3-4-6-13(12)11-16/h12-13H,3-11H2,1-2H3. The minimum atomic E-state index is -3.46. The fraction of sp³-hybridized carbons (Fsp3) is 0.929. The third-order valence-corrected chi connectivity index (χ3v) is 6.79. The molecule has 0 spiro atoms. The van der Waals surface area contributed by atoms with Crippen molar-refractivity contribution < 1.29 is 17.9 Å². The van der Waals surface area contributed by atoms with E-state index in [9.17, 15) is 13.2 Å². The lowest BCUT2D eigenvalue weighted by Gasteiger charge is -2.41. The predicted molar refractivity (Wildman–Crippen MR) is 79.8 cm³/mol. The second-order valence-corrected chi connectivity index (χ2v) is 8.14. The highest BCUT2D eigenvalue weighted by molar-refractivity contribution is 7.86. The second-order valence-electron chi connectivity index (χ2n) is 6.11. The van der Waals surface area contributed by atoms with E-state index in [1.54, 1.807) is 4.31 Å². The third-order valence-electron chi connectivity index (χ3n) is 4.83. The van der Waals surface area contributed by atoms with Crippen molar-refractivity contribution >= 4 is 16.2 Å². The fourth-order valence-electron chi connectivity index (χ4n) is 3.44. The van der Waals surface area contributed by atoms with Gasteiger partial charge >= 0.3 is 5.97 Å². The van der Waals surface area contributed by atoms with Crippen LogP contribution in [0.2, 0.25) is 0 Å². The van der Waals surface area contributed by atoms with Gasteiger partial charge in [-0.05, 0) is 24.7 Å². The quantitative estimate of drug-likeness (QED) is 0.715. The van der Waals surface area contributed by atoms with Crippen molar-refractivity contribution in [1.82, 2.24) is 8.61 Å². The zero-order valence-corrected chi connectivity index (χ0v) is 13.8. The first-order valence-corrected chi connectivity index (χ1v) is 9.13. The zero-order valence-electron chi connectivity index (χ0n) is 13.0. The molecule has 21 heavy (non-hydrogen) atoms. The van der Waals surface area contributed by atoms with E-state index < -0.39 is 10.2 Å². The Kier molecular flexibility index (Phi) is 5.62. The van der Waals surface area contributed by atoms with Crippen LogP contribution in [0.3, 0.4) is 0 Å². The molecule has 7 heteroatoms. The lowest BCUT2D eigenvalue weighted by Crippen LogP contribution is -2.49. The number of methoxy groups -OCH3 is 1. The Hall–Kier alpha value is -0.660. The Balaban J connectivity index is 1.94. The van der Waals surface area contributed by atoms with Crippen molar-refractivity contribution in [2.45, 2.75) is 38.5 Å². The van der Waals surface area contributed by atoms with Gasteiger partial charge in [-0.15, -0.1) is 0 Å². The van der Waals surface area contributed by atoms with Crippen molar-refractivity contribution in [2.24, 2.45) is 11.8 Å². The predicted octanol–water partition coefficient (Wildman–Crippen LogP) is 1.24. The van der Waals surface area contributed by atoms with Crippen LogP contribution in [0.5, 0.6) is 0 Å². The van der Waals surface area contributed by atoms with E-state index in [2.05, 4.69) is 4.74 Å². The van der Waals surface area contributed by atoms with Crippen molar-refractivity contribution in [3.05, 3.63) is 0 Å². The van der Waals surface area contributed by atoms with Gasteiger partial charge in [0.2, 0.25) is 0 Å². The molecule has 122 valence electrons. The summed E-state index contributed by atoms with van der Waals surface area (Å²) >= 11 is 0. The molecule has 0 bridgehead atoms. The molecule has 2 atom stereocenters. The molecule has 6 nitrogen and oxygen atoms in total.